The Morgan fingerprint density at radius 2 is 0.767 bits per heavy atom. The van der Waals surface area contributed by atoms with E-state index in [-0.39, 0.29) is 126 Å². The first-order chi connectivity index (χ1) is 69.8. The molecule has 6 bridgehead atoms. The topological polar surface area (TPSA) is 344 Å². The largest absolute Gasteiger partial charge is 0.490 e. The molecule has 3 saturated carbocycles. The van der Waals surface area contributed by atoms with Crippen molar-refractivity contribution in [2.45, 2.75) is 251 Å². The molecule has 6 aromatic rings. The number of carbonyl (C=O) groups excluding carboxylic acids is 3. The number of aryl methyl sites for hydroxylation is 3. The summed E-state index contributed by atoms with van der Waals surface area (Å²) in [4.78, 5) is 50.3. The van der Waals surface area contributed by atoms with Crippen molar-refractivity contribution in [1.82, 2.24) is 19.1 Å². The van der Waals surface area contributed by atoms with Gasteiger partial charge in [-0.3, -0.25) is 23.8 Å². The number of anilines is 3. The number of amides is 3. The Balaban J connectivity index is 0.000000138. The highest BCUT2D eigenvalue weighted by Crippen LogP contribution is 2.56. The number of hydrogen-bond donors (Lipinski definition) is 7. The Hall–Kier alpha value is -7.05. The molecular weight excluding hydrogens is 1970 g/mol. The zero-order chi connectivity index (χ0) is 103. The fraction of sp³-hybridized carbons (Fsp3) is 0.637. The van der Waals surface area contributed by atoms with Crippen LogP contribution in [0.5, 0.6) is 17.2 Å². The van der Waals surface area contributed by atoms with Crippen molar-refractivity contribution in [3.8, 4) is 17.2 Å². The van der Waals surface area contributed by atoms with E-state index in [2.05, 4.69) is 110 Å². The summed E-state index contributed by atoms with van der Waals surface area (Å²) in [6.45, 7) is 17.9. The number of aliphatic hydroxyl groups is 2. The standard InChI is InChI=1S/C38H52ClN3O6S.C38H52ClN3O5S.C37H50ClN3O7S/c1-24-6-4-8-31(36-47-22-38(40,20-43)23-48-36)30-12-9-28(30)18-42-19-37(15-5-7-26-16-29(39)11-13-32(26)37)21-46-34-14-10-27(17-33(34)42)35(44)41-49(3,45)25(24)2;1-25-7-5-9-32(37-45-20-30(21-46-37)41(2)3)31-13-10-28(31)19-42-23-38(16-6-8-26-17-29(39)12-14-33(26)38)24-47-35-15-11-27(18-34(35)42)36(43)40-48(4,44)22-25;1-23-5-3-7-30(35-47-21-37(39,19-42)22-48-35)29-11-8-27(29)17-41-18-36(14-4-6-25-15-28(38)10-12-31(25)36)20-46-33-13-9-26(16-32(33)41)34(43)40-49(44,45)24(23)2/h10-11,13-14,16-17,24-25,28,30-31,36,43H,3-9,12,15,18-23,40H2,1-2H3,(H,41,44,45);11-12,14-15,17-18,25,28,30-32,37H,4-10,13,16,19-24H2,1-3H3,(H,40,43,44);9-10,12-13,15-16,23-24,27,29-30,35,42H,3-8,11,14,17-22,39H2,1-2H3,(H,40,43)/t24-,25+,28-,30+,31+,36?,37-,38?,49?;25-,28-,30?,31+,32+,37?,38-,48?;23-,24+,27-,29+,30+,35?,36-,37?/m000/s1. The van der Waals surface area contributed by atoms with Gasteiger partial charge in [0.1, 0.15) is 17.2 Å². The maximum Gasteiger partial charge on any atom is 0.264 e. The summed E-state index contributed by atoms with van der Waals surface area (Å²) < 4.78 is 121. The predicted octanol–water partition coefficient (Wildman–Crippen LogP) is 15.8. The third-order valence-corrected chi connectivity index (χ3v) is 42.9. The Morgan fingerprint density at radius 1 is 0.418 bits per heavy atom. The molecule has 0 radical (unpaired) electrons. The molecule has 798 valence electrons. The van der Waals surface area contributed by atoms with Crippen LogP contribution in [0.15, 0.2) is 109 Å². The first-order valence-corrected chi connectivity index (χ1v) is 60.2. The highest BCUT2D eigenvalue weighted by molar-refractivity contribution is 7.99. The summed E-state index contributed by atoms with van der Waals surface area (Å²) in [6.07, 6.45) is 22.4. The third kappa shape index (κ3) is 23.0. The minimum absolute atomic E-state index is 0.0793. The lowest BCUT2D eigenvalue weighted by Crippen LogP contribution is -2.59. The van der Waals surface area contributed by atoms with Gasteiger partial charge in [0.25, 0.3) is 17.7 Å². The third-order valence-electron chi connectivity index (χ3n) is 36.5. The SMILES string of the molecule is C=S1(=O)C[C@@H](C)CCC[C@@H](C2OCC(N(C)C)CO2)[C@@H]2CC[C@H]2CN2C[C@@]3(CCCc4cc(Cl)ccc43)COc3ccc(cc32)C(=O)N1.C=S1(=O)NC(=O)c2ccc3c(c2)N(C[C@@H]2CC[C@H]2[C@H](C2OCC(N)(CO)CO2)CCC[C@H](C)[C@H]1C)C[C@@]1(CCCc2cc(Cl)ccc21)CO3.C[C@@H]1[C@@H](C)CCC[C@@H](C2OCC(N)(CO)CO2)[C@@H]2CC[C@H]2CN2C[C@@]3(CCCc4cc(Cl)ccc43)COc3ccc(cc32)C(=O)NS1(=O)=O. The van der Waals surface area contributed by atoms with Crippen molar-refractivity contribution in [2.75, 3.05) is 146 Å². The number of hydrogen-bond acceptors (Lipinski definition) is 24. The number of fused-ring (bicyclic) bond motifs is 12. The summed E-state index contributed by atoms with van der Waals surface area (Å²) in [7, 11) is -5.54. The molecular formula is C113H154Cl3N9O18S3. The van der Waals surface area contributed by atoms with Crippen molar-refractivity contribution in [3.63, 3.8) is 0 Å². The highest BCUT2D eigenvalue weighted by Gasteiger charge is 2.54. The summed E-state index contributed by atoms with van der Waals surface area (Å²) in [5.41, 5.74) is 21.6. The van der Waals surface area contributed by atoms with Crippen LogP contribution < -0.4 is 54.5 Å². The molecule has 9 N–H and O–H groups in total. The minimum Gasteiger partial charge on any atom is -0.490 e. The number of nitrogens with one attached hydrogen (secondary N) is 3. The van der Waals surface area contributed by atoms with Crippen LogP contribution in [-0.4, -0.2) is 240 Å². The Kier molecular flexibility index (Phi) is 32.5. The molecule has 3 saturated heterocycles. The van der Waals surface area contributed by atoms with Crippen LogP contribution >= 0.6 is 34.8 Å². The zero-order valence-corrected chi connectivity index (χ0v) is 90.8. The Bertz CT molecular complexity index is 5840. The van der Waals surface area contributed by atoms with E-state index in [4.69, 9.17) is 88.9 Å². The number of nitrogens with zero attached hydrogens (tertiary/aromatic N) is 4. The maximum absolute atomic E-state index is 13.9. The van der Waals surface area contributed by atoms with Gasteiger partial charge in [-0.25, -0.2) is 21.6 Å². The van der Waals surface area contributed by atoms with Gasteiger partial charge in [-0.15, -0.1) is 0 Å². The molecule has 15 aliphatic rings. The second kappa shape index (κ2) is 44.2. The van der Waals surface area contributed by atoms with Gasteiger partial charge in [-0.05, 0) is 352 Å². The molecule has 19 atom stereocenters. The molecule has 21 rings (SSSR count). The van der Waals surface area contributed by atoms with Gasteiger partial charge < -0.3 is 83.9 Å². The van der Waals surface area contributed by atoms with Crippen LogP contribution in [-0.2, 0) is 93.4 Å². The van der Waals surface area contributed by atoms with Gasteiger partial charge in [0.05, 0.1) is 122 Å². The molecule has 146 heavy (non-hydrogen) atoms. The van der Waals surface area contributed by atoms with E-state index >= 15 is 0 Å². The van der Waals surface area contributed by atoms with E-state index in [9.17, 15) is 41.4 Å². The zero-order valence-electron chi connectivity index (χ0n) is 86.1. The molecule has 6 aromatic carbocycles. The predicted molar refractivity (Wildman–Crippen MR) is 577 cm³/mol. The van der Waals surface area contributed by atoms with Crippen molar-refractivity contribution in [1.29, 1.82) is 0 Å². The van der Waals surface area contributed by atoms with Gasteiger partial charge in [0.2, 0.25) is 10.0 Å². The van der Waals surface area contributed by atoms with Crippen molar-refractivity contribution < 1.29 is 84.1 Å². The van der Waals surface area contributed by atoms with Gasteiger partial charge in [-0.1, -0.05) is 93.0 Å². The summed E-state index contributed by atoms with van der Waals surface area (Å²) in [5, 5.41) is 20.9. The van der Waals surface area contributed by atoms with Crippen LogP contribution in [0.1, 0.15) is 234 Å². The average molecular weight is 2130 g/mol. The number of benzene rings is 6. The van der Waals surface area contributed by atoms with E-state index in [1.54, 1.807) is 31.2 Å². The molecule has 6 fully saturated rings. The second-order valence-electron chi connectivity index (χ2n) is 46.8. The lowest BCUT2D eigenvalue weighted by Gasteiger charge is -2.49. The number of likely N-dealkylation sites (N-methyl/N-ethyl adjacent to an activating group) is 1. The van der Waals surface area contributed by atoms with Crippen LogP contribution in [0, 0.1) is 71.0 Å². The van der Waals surface area contributed by atoms with Crippen molar-refractivity contribution in [2.24, 2.45) is 82.5 Å². The van der Waals surface area contributed by atoms with E-state index in [1.165, 1.54) is 33.4 Å². The highest BCUT2D eigenvalue weighted by atomic mass is 35.5. The minimum atomic E-state index is -3.94. The number of carbonyl (C=O) groups is 3. The van der Waals surface area contributed by atoms with E-state index in [0.29, 0.717) is 104 Å². The number of halogens is 3. The molecule has 2 unspecified atom stereocenters. The number of aliphatic hydroxyl groups excluding tert-OH is 2. The van der Waals surface area contributed by atoms with E-state index in [1.807, 2.05) is 62.4 Å². The van der Waals surface area contributed by atoms with Crippen LogP contribution in [0.25, 0.3) is 0 Å². The van der Waals surface area contributed by atoms with Gasteiger partial charge >= 0.3 is 0 Å². The number of ether oxygens (including phenoxy) is 9. The Labute approximate surface area is 879 Å². The Morgan fingerprint density at radius 3 is 1.12 bits per heavy atom. The molecule has 0 aromatic heterocycles. The van der Waals surface area contributed by atoms with Gasteiger partial charge in [0, 0.05) is 126 Å². The van der Waals surface area contributed by atoms with Crippen LogP contribution in [0.3, 0.4) is 0 Å². The fourth-order valence-corrected chi connectivity index (χ4v) is 32.0. The lowest BCUT2D eigenvalue weighted by molar-refractivity contribution is -0.249. The molecule has 9 heterocycles. The molecule has 6 aliphatic carbocycles. The van der Waals surface area contributed by atoms with Crippen LogP contribution in [0.2, 0.25) is 15.1 Å². The normalized spacial score (nSPS) is 36.8. The number of sulfonamides is 1. The monoisotopic (exact) mass is 2130 g/mol. The smallest absolute Gasteiger partial charge is 0.264 e. The molecule has 27 nitrogen and oxygen atoms in total. The number of rotatable bonds is 6. The fourth-order valence-electron chi connectivity index (χ4n) is 26.9. The molecule has 3 amide bonds. The summed E-state index contributed by atoms with van der Waals surface area (Å²) >= 11 is 19.4. The molecule has 9 aliphatic heterocycles. The number of nitrogens with two attached hydrogens (primary N) is 2. The van der Waals surface area contributed by atoms with Crippen molar-refractivity contribution >= 4 is 111 Å². The van der Waals surface area contributed by atoms with Gasteiger partial charge in [0.15, 0.2) is 18.9 Å². The lowest BCUT2D eigenvalue weighted by atomic mass is 9.64. The molecule has 3 spiro atoms. The summed E-state index contributed by atoms with van der Waals surface area (Å²) in [5.74, 6) is 12.2. The van der Waals surface area contributed by atoms with Crippen molar-refractivity contribution in [3.05, 3.63) is 174 Å². The second-order valence-corrected chi connectivity index (χ2v) is 54.7. The average Bonchev–Trinajstić information content (AvgIpc) is 1.51. The first-order valence-electron chi connectivity index (χ1n) is 53.8. The van der Waals surface area contributed by atoms with Crippen LogP contribution in [0.4, 0.5) is 17.1 Å². The first kappa shape index (κ1) is 107. The van der Waals surface area contributed by atoms with E-state index in [0.717, 1.165) is 224 Å². The quantitative estimate of drug-likeness (QED) is 0.0762. The van der Waals surface area contributed by atoms with E-state index < -0.39 is 64.3 Å². The summed E-state index contributed by atoms with van der Waals surface area (Å²) in [6, 6.07) is 35.6. The van der Waals surface area contributed by atoms with Gasteiger partial charge in [-0.2, -0.15) is 0 Å². The maximum atomic E-state index is 13.9. The molecule has 33 heteroatoms.